The molecule has 0 saturated carbocycles. The Kier molecular flexibility index (Phi) is 4.74. The topological polar surface area (TPSA) is 70.8 Å². The monoisotopic (exact) mass is 189 g/mol. The van der Waals surface area contributed by atoms with E-state index in [0.29, 0.717) is 39.4 Å². The second kappa shape index (κ2) is 5.90. The molecule has 13 heavy (non-hydrogen) atoms. The van der Waals surface area contributed by atoms with Crippen molar-refractivity contribution in [1.82, 2.24) is 0 Å². The van der Waals surface area contributed by atoms with E-state index in [-0.39, 0.29) is 5.97 Å². The zero-order valence-electron chi connectivity index (χ0n) is 7.53. The van der Waals surface area contributed by atoms with Crippen LogP contribution in [0.3, 0.4) is 0 Å². The van der Waals surface area contributed by atoms with Crippen LogP contribution in [-0.2, 0) is 19.0 Å². The largest absolute Gasteiger partial charge is 0.464 e. The first-order valence-electron chi connectivity index (χ1n) is 4.40. The molecule has 1 atom stereocenters. The quantitative estimate of drug-likeness (QED) is 0.467. The zero-order valence-corrected chi connectivity index (χ0v) is 7.53. The summed E-state index contributed by atoms with van der Waals surface area (Å²) in [6.45, 7) is 2.18. The number of carbonyl (C=O) groups excluding carboxylic acids is 1. The van der Waals surface area contributed by atoms with Crippen LogP contribution < -0.4 is 5.73 Å². The van der Waals surface area contributed by atoms with Crippen LogP contribution in [0.2, 0.25) is 0 Å². The lowest BCUT2D eigenvalue weighted by Gasteiger charge is -2.21. The van der Waals surface area contributed by atoms with Gasteiger partial charge in [-0.05, 0) is 13.0 Å². The average molecular weight is 189 g/mol. The van der Waals surface area contributed by atoms with Gasteiger partial charge in [0.25, 0.3) is 0 Å². The van der Waals surface area contributed by atoms with Crippen LogP contribution in [0.5, 0.6) is 0 Å². The summed E-state index contributed by atoms with van der Waals surface area (Å²) in [6, 6.07) is 0. The maximum atomic E-state index is 11.2. The molecule has 1 fully saturated rings. The Labute approximate surface area is 77.1 Å². The van der Waals surface area contributed by atoms with Crippen LogP contribution in [0.15, 0.2) is 0 Å². The van der Waals surface area contributed by atoms with Gasteiger partial charge in [0, 0.05) is 0 Å². The number of hydrogen-bond acceptors (Lipinski definition) is 5. The first-order valence-corrected chi connectivity index (χ1v) is 4.40. The summed E-state index contributed by atoms with van der Waals surface area (Å²) in [6.07, 6.45) is 0.130. The fraction of sp³-hybridized carbons (Fsp3) is 0.875. The molecule has 0 bridgehead atoms. The van der Waals surface area contributed by atoms with E-state index in [9.17, 15) is 4.79 Å². The molecule has 0 amide bonds. The molecule has 1 rings (SSSR count). The smallest absolute Gasteiger partial charge is 0.337 e. The van der Waals surface area contributed by atoms with Crippen molar-refractivity contribution in [2.24, 2.45) is 5.73 Å². The van der Waals surface area contributed by atoms with Gasteiger partial charge >= 0.3 is 5.97 Å². The first kappa shape index (κ1) is 10.4. The van der Waals surface area contributed by atoms with E-state index < -0.39 is 6.10 Å². The van der Waals surface area contributed by atoms with Crippen LogP contribution in [-0.4, -0.2) is 45.0 Å². The van der Waals surface area contributed by atoms with Gasteiger partial charge in [-0.2, -0.15) is 0 Å². The van der Waals surface area contributed by atoms with Gasteiger partial charge in [0.05, 0.1) is 26.4 Å². The molecule has 1 aliphatic heterocycles. The average Bonchev–Trinajstić information content (AvgIpc) is 2.19. The Hall–Kier alpha value is -0.650. The Morgan fingerprint density at radius 2 is 2.38 bits per heavy atom. The van der Waals surface area contributed by atoms with Crippen LogP contribution >= 0.6 is 0 Å². The lowest BCUT2D eigenvalue weighted by atomic mass is 10.3. The Morgan fingerprint density at radius 1 is 1.54 bits per heavy atom. The van der Waals surface area contributed by atoms with E-state index in [0.717, 1.165) is 0 Å². The van der Waals surface area contributed by atoms with Crippen molar-refractivity contribution in [2.45, 2.75) is 12.5 Å². The fourth-order valence-electron chi connectivity index (χ4n) is 0.973. The summed E-state index contributed by atoms with van der Waals surface area (Å²) in [5.41, 5.74) is 5.25. The van der Waals surface area contributed by atoms with E-state index in [1.807, 2.05) is 0 Å². The number of hydrogen-bond donors (Lipinski definition) is 1. The van der Waals surface area contributed by atoms with Gasteiger partial charge in [0.2, 0.25) is 0 Å². The van der Waals surface area contributed by atoms with Crippen molar-refractivity contribution in [3.63, 3.8) is 0 Å². The van der Waals surface area contributed by atoms with Crippen molar-refractivity contribution in [3.05, 3.63) is 0 Å². The lowest BCUT2D eigenvalue weighted by molar-refractivity contribution is -0.170. The minimum atomic E-state index is -0.550. The number of carbonyl (C=O) groups is 1. The minimum absolute atomic E-state index is 0.293. The summed E-state index contributed by atoms with van der Waals surface area (Å²) in [5, 5.41) is 0. The Bertz CT molecular complexity index is 156. The number of ether oxygens (including phenoxy) is 3. The molecule has 0 aromatic carbocycles. The van der Waals surface area contributed by atoms with Crippen LogP contribution in [0.1, 0.15) is 6.42 Å². The molecule has 0 aliphatic carbocycles. The van der Waals surface area contributed by atoms with Gasteiger partial charge in [-0.1, -0.05) is 0 Å². The van der Waals surface area contributed by atoms with E-state index in [1.54, 1.807) is 0 Å². The van der Waals surface area contributed by atoms with E-state index in [4.69, 9.17) is 19.9 Å². The summed E-state index contributed by atoms with van der Waals surface area (Å²) in [4.78, 5) is 11.2. The number of rotatable bonds is 4. The minimum Gasteiger partial charge on any atom is -0.464 e. The van der Waals surface area contributed by atoms with E-state index >= 15 is 0 Å². The summed E-state index contributed by atoms with van der Waals surface area (Å²) >= 11 is 0. The molecular weight excluding hydrogens is 174 g/mol. The summed E-state index contributed by atoms with van der Waals surface area (Å²) in [7, 11) is 0. The number of nitrogens with two attached hydrogens (primary N) is 1. The predicted molar refractivity (Wildman–Crippen MR) is 45.2 cm³/mol. The van der Waals surface area contributed by atoms with E-state index in [2.05, 4.69) is 0 Å². The standard InChI is InChI=1S/C8H15NO4/c9-2-1-3-13-8(10)7-6-11-4-5-12-7/h7H,1-6,9H2. The highest BCUT2D eigenvalue weighted by molar-refractivity contribution is 5.74. The SMILES string of the molecule is NCCCOC(=O)C1COCCO1. The van der Waals surface area contributed by atoms with Gasteiger partial charge in [0.15, 0.2) is 6.10 Å². The highest BCUT2D eigenvalue weighted by atomic mass is 16.6. The van der Waals surface area contributed by atoms with Gasteiger partial charge < -0.3 is 19.9 Å². The third-order valence-electron chi connectivity index (χ3n) is 1.67. The molecule has 0 spiro atoms. The summed E-state index contributed by atoms with van der Waals surface area (Å²) in [5.74, 6) is -0.354. The van der Waals surface area contributed by atoms with Crippen LogP contribution in [0, 0.1) is 0 Å². The molecule has 1 heterocycles. The maximum Gasteiger partial charge on any atom is 0.337 e. The first-order chi connectivity index (χ1) is 6.34. The summed E-state index contributed by atoms with van der Waals surface area (Å²) < 4.78 is 15.1. The molecule has 76 valence electrons. The van der Waals surface area contributed by atoms with Gasteiger partial charge in [0.1, 0.15) is 0 Å². The Balaban J connectivity index is 2.13. The molecule has 1 saturated heterocycles. The van der Waals surface area contributed by atoms with Gasteiger partial charge in [-0.25, -0.2) is 4.79 Å². The van der Waals surface area contributed by atoms with Crippen molar-refractivity contribution < 1.29 is 19.0 Å². The number of esters is 1. The molecular formula is C8H15NO4. The highest BCUT2D eigenvalue weighted by Gasteiger charge is 2.23. The second-order valence-corrected chi connectivity index (χ2v) is 2.74. The van der Waals surface area contributed by atoms with Gasteiger partial charge in [-0.15, -0.1) is 0 Å². The normalized spacial score (nSPS) is 22.7. The van der Waals surface area contributed by atoms with E-state index in [1.165, 1.54) is 0 Å². The molecule has 5 nitrogen and oxygen atoms in total. The van der Waals surface area contributed by atoms with Crippen molar-refractivity contribution in [2.75, 3.05) is 33.0 Å². The Morgan fingerprint density at radius 3 is 3.00 bits per heavy atom. The highest BCUT2D eigenvalue weighted by Crippen LogP contribution is 2.02. The van der Waals surface area contributed by atoms with Gasteiger partial charge in [-0.3, -0.25) is 0 Å². The molecule has 0 radical (unpaired) electrons. The molecule has 2 N–H and O–H groups in total. The molecule has 1 aliphatic rings. The van der Waals surface area contributed by atoms with Crippen molar-refractivity contribution >= 4 is 5.97 Å². The third-order valence-corrected chi connectivity index (χ3v) is 1.67. The maximum absolute atomic E-state index is 11.2. The molecule has 0 aromatic heterocycles. The molecule has 1 unspecified atom stereocenters. The van der Waals surface area contributed by atoms with Crippen LogP contribution in [0.4, 0.5) is 0 Å². The zero-order chi connectivity index (χ0) is 9.52. The molecule has 0 aromatic rings. The predicted octanol–water partition coefficient (Wildman–Crippen LogP) is -0.706. The second-order valence-electron chi connectivity index (χ2n) is 2.74. The third kappa shape index (κ3) is 3.71. The van der Waals surface area contributed by atoms with Crippen molar-refractivity contribution in [3.8, 4) is 0 Å². The molecule has 5 heteroatoms. The fourth-order valence-corrected chi connectivity index (χ4v) is 0.973. The van der Waals surface area contributed by atoms with Crippen molar-refractivity contribution in [1.29, 1.82) is 0 Å². The van der Waals surface area contributed by atoms with Crippen LogP contribution in [0.25, 0.3) is 0 Å². The lowest BCUT2D eigenvalue weighted by Crippen LogP contribution is -2.36.